The van der Waals surface area contributed by atoms with Gasteiger partial charge in [0.2, 0.25) is 0 Å². The lowest BCUT2D eigenvalue weighted by Crippen LogP contribution is -2.29. The quantitative estimate of drug-likeness (QED) is 0.693. The van der Waals surface area contributed by atoms with Gasteiger partial charge in [-0.3, -0.25) is 4.21 Å². The van der Waals surface area contributed by atoms with E-state index in [0.717, 1.165) is 19.5 Å². The van der Waals surface area contributed by atoms with Crippen LogP contribution in [0.4, 0.5) is 0 Å². The van der Waals surface area contributed by atoms with Crippen molar-refractivity contribution in [3.05, 3.63) is 0 Å². The van der Waals surface area contributed by atoms with Crippen LogP contribution in [0.2, 0.25) is 0 Å². The highest BCUT2D eigenvalue weighted by atomic mass is 32.2. The van der Waals surface area contributed by atoms with Crippen molar-refractivity contribution in [3.8, 4) is 0 Å². The van der Waals surface area contributed by atoms with Crippen molar-refractivity contribution in [1.29, 1.82) is 0 Å². The zero-order valence-electron chi connectivity index (χ0n) is 9.52. The molecule has 0 aliphatic rings. The van der Waals surface area contributed by atoms with Crippen LogP contribution in [0, 0.1) is 5.41 Å². The molecule has 0 aromatic carbocycles. The predicted octanol–water partition coefficient (Wildman–Crippen LogP) is 1.78. The molecule has 2 unspecified atom stereocenters. The maximum absolute atomic E-state index is 11.0. The summed E-state index contributed by atoms with van der Waals surface area (Å²) in [6, 6.07) is 0. The van der Waals surface area contributed by atoms with Crippen LogP contribution in [0.25, 0.3) is 0 Å². The molecule has 3 heteroatoms. The van der Waals surface area contributed by atoms with Crippen LogP contribution in [-0.2, 0) is 10.8 Å². The minimum atomic E-state index is -0.675. The molecule has 0 aliphatic heterocycles. The molecule has 0 saturated heterocycles. The Morgan fingerprint density at radius 1 is 1.38 bits per heavy atom. The van der Waals surface area contributed by atoms with Crippen LogP contribution >= 0.6 is 0 Å². The first-order chi connectivity index (χ1) is 5.83. The van der Waals surface area contributed by atoms with E-state index in [1.54, 1.807) is 6.26 Å². The van der Waals surface area contributed by atoms with Crippen LogP contribution in [-0.4, -0.2) is 28.8 Å². The molecule has 13 heavy (non-hydrogen) atoms. The summed E-state index contributed by atoms with van der Waals surface area (Å²) in [5, 5.41) is 3.69. The Morgan fingerprint density at radius 2 is 1.92 bits per heavy atom. The van der Waals surface area contributed by atoms with E-state index in [9.17, 15) is 4.21 Å². The van der Waals surface area contributed by atoms with Gasteiger partial charge >= 0.3 is 0 Å². The summed E-state index contributed by atoms with van der Waals surface area (Å²) in [6.45, 7) is 10.7. The molecule has 0 aliphatic carbocycles. The fraction of sp³-hybridized carbons (Fsp3) is 1.00. The first-order valence-corrected chi connectivity index (χ1v) is 6.48. The summed E-state index contributed by atoms with van der Waals surface area (Å²) in [5.41, 5.74) is 0.342. The largest absolute Gasteiger partial charge is 0.316 e. The molecule has 2 atom stereocenters. The summed E-state index contributed by atoms with van der Waals surface area (Å²) < 4.78 is 11.0. The molecular formula is C10H23NOS. The zero-order chi connectivity index (χ0) is 10.5. The van der Waals surface area contributed by atoms with Gasteiger partial charge in [-0.05, 0) is 24.9 Å². The van der Waals surface area contributed by atoms with Crippen LogP contribution < -0.4 is 5.32 Å². The highest BCUT2D eigenvalue weighted by Gasteiger charge is 2.10. The third-order valence-electron chi connectivity index (χ3n) is 1.95. The second-order valence-electron chi connectivity index (χ2n) is 4.84. The van der Waals surface area contributed by atoms with E-state index in [1.165, 1.54) is 0 Å². The van der Waals surface area contributed by atoms with Crippen molar-refractivity contribution in [2.45, 2.75) is 39.4 Å². The second-order valence-corrected chi connectivity index (χ2v) is 6.64. The fourth-order valence-electron chi connectivity index (χ4n) is 0.935. The molecule has 0 heterocycles. The Balaban J connectivity index is 3.41. The fourth-order valence-corrected chi connectivity index (χ4v) is 1.38. The third-order valence-corrected chi connectivity index (χ3v) is 3.32. The van der Waals surface area contributed by atoms with Crippen molar-refractivity contribution in [2.24, 2.45) is 5.41 Å². The van der Waals surface area contributed by atoms with Crippen molar-refractivity contribution >= 4 is 10.8 Å². The lowest BCUT2D eigenvalue weighted by molar-refractivity contribution is 0.379. The van der Waals surface area contributed by atoms with Crippen molar-refractivity contribution in [1.82, 2.24) is 5.32 Å². The standard InChI is InChI=1S/C10H23NOS/c1-9(13(5)12)6-7-11-8-10(2,3)4/h9,11H,6-8H2,1-5H3. The Morgan fingerprint density at radius 3 is 2.31 bits per heavy atom. The Bertz CT molecular complexity index is 163. The lowest BCUT2D eigenvalue weighted by Gasteiger charge is -2.19. The molecule has 0 spiro atoms. The molecule has 0 saturated carbocycles. The van der Waals surface area contributed by atoms with E-state index >= 15 is 0 Å². The van der Waals surface area contributed by atoms with E-state index in [0.29, 0.717) is 10.7 Å². The van der Waals surface area contributed by atoms with Crippen LogP contribution in [0.5, 0.6) is 0 Å². The van der Waals surface area contributed by atoms with Gasteiger partial charge in [0.1, 0.15) is 0 Å². The number of nitrogens with one attached hydrogen (secondary N) is 1. The number of hydrogen-bond donors (Lipinski definition) is 1. The molecule has 1 N–H and O–H groups in total. The lowest BCUT2D eigenvalue weighted by atomic mass is 9.97. The highest BCUT2D eigenvalue weighted by Crippen LogP contribution is 2.10. The summed E-state index contributed by atoms with van der Waals surface area (Å²) >= 11 is 0. The summed E-state index contributed by atoms with van der Waals surface area (Å²) in [5.74, 6) is 0. The van der Waals surface area contributed by atoms with E-state index in [-0.39, 0.29) is 0 Å². The summed E-state index contributed by atoms with van der Waals surface area (Å²) in [6.07, 6.45) is 2.77. The molecule has 0 rings (SSSR count). The molecule has 0 bridgehead atoms. The number of rotatable bonds is 5. The average Bonchev–Trinajstić information content (AvgIpc) is 1.95. The van der Waals surface area contributed by atoms with Gasteiger partial charge < -0.3 is 5.32 Å². The van der Waals surface area contributed by atoms with E-state index in [2.05, 4.69) is 26.1 Å². The molecule has 0 aromatic heterocycles. The first-order valence-electron chi connectivity index (χ1n) is 4.86. The molecular weight excluding hydrogens is 182 g/mol. The normalized spacial score (nSPS) is 17.0. The van der Waals surface area contributed by atoms with Gasteiger partial charge in [-0.25, -0.2) is 0 Å². The number of hydrogen-bond acceptors (Lipinski definition) is 2. The van der Waals surface area contributed by atoms with Crippen LogP contribution in [0.15, 0.2) is 0 Å². The average molecular weight is 205 g/mol. The molecule has 0 amide bonds. The molecule has 0 aromatic rings. The Kier molecular flexibility index (Phi) is 5.81. The van der Waals surface area contributed by atoms with Gasteiger partial charge in [-0.2, -0.15) is 0 Å². The smallest absolute Gasteiger partial charge is 0.0329 e. The van der Waals surface area contributed by atoms with Gasteiger partial charge in [-0.15, -0.1) is 0 Å². The van der Waals surface area contributed by atoms with Crippen molar-refractivity contribution in [2.75, 3.05) is 19.3 Å². The van der Waals surface area contributed by atoms with Crippen LogP contribution in [0.3, 0.4) is 0 Å². The maximum atomic E-state index is 11.0. The van der Waals surface area contributed by atoms with E-state index in [1.807, 2.05) is 6.92 Å². The molecule has 80 valence electrons. The zero-order valence-corrected chi connectivity index (χ0v) is 10.3. The maximum Gasteiger partial charge on any atom is 0.0329 e. The van der Waals surface area contributed by atoms with E-state index in [4.69, 9.17) is 0 Å². The molecule has 0 fully saturated rings. The van der Waals surface area contributed by atoms with Gasteiger partial charge in [0.05, 0.1) is 0 Å². The highest BCUT2D eigenvalue weighted by molar-refractivity contribution is 7.84. The summed E-state index contributed by atoms with van der Waals surface area (Å²) in [7, 11) is -0.675. The van der Waals surface area contributed by atoms with Crippen LogP contribution in [0.1, 0.15) is 34.1 Å². The van der Waals surface area contributed by atoms with Gasteiger partial charge in [0.25, 0.3) is 0 Å². The topological polar surface area (TPSA) is 29.1 Å². The monoisotopic (exact) mass is 205 g/mol. The Hall–Kier alpha value is 0.110. The summed E-state index contributed by atoms with van der Waals surface area (Å²) in [4.78, 5) is 0. The van der Waals surface area contributed by atoms with Crippen molar-refractivity contribution < 1.29 is 4.21 Å². The first kappa shape index (κ1) is 13.1. The Labute approximate surface area is 84.9 Å². The molecule has 0 radical (unpaired) electrons. The van der Waals surface area contributed by atoms with Gasteiger partial charge in [-0.1, -0.05) is 27.7 Å². The van der Waals surface area contributed by atoms with Crippen molar-refractivity contribution in [3.63, 3.8) is 0 Å². The second kappa shape index (κ2) is 5.76. The minimum absolute atomic E-state index is 0.312. The predicted molar refractivity (Wildman–Crippen MR) is 60.5 cm³/mol. The van der Waals surface area contributed by atoms with E-state index < -0.39 is 10.8 Å². The molecule has 2 nitrogen and oxygen atoms in total. The third kappa shape index (κ3) is 8.44. The SMILES string of the molecule is CC(CCNCC(C)(C)C)S(C)=O. The van der Waals surface area contributed by atoms with Gasteiger partial charge in [0, 0.05) is 22.3 Å². The minimum Gasteiger partial charge on any atom is -0.316 e. The van der Waals surface area contributed by atoms with Gasteiger partial charge in [0.15, 0.2) is 0 Å².